The van der Waals surface area contributed by atoms with Gasteiger partial charge >= 0.3 is 0 Å². The molecule has 1 N–H and O–H groups in total. The lowest BCUT2D eigenvalue weighted by Gasteiger charge is -2.38. The summed E-state index contributed by atoms with van der Waals surface area (Å²) in [4.78, 5) is 19.8. The van der Waals surface area contributed by atoms with E-state index < -0.39 is 0 Å². The minimum atomic E-state index is -0.376. The Bertz CT molecular complexity index is 343. The molecule has 1 aliphatic heterocycles. The molecule has 0 unspecified atom stereocenters. The van der Waals surface area contributed by atoms with Crippen LogP contribution < -0.4 is 5.32 Å². The number of hydrogen-bond donors (Lipinski definition) is 1. The van der Waals surface area contributed by atoms with E-state index in [1.807, 2.05) is 6.92 Å². The lowest BCUT2D eigenvalue weighted by molar-refractivity contribution is -0.156. The molecule has 0 spiro atoms. The van der Waals surface area contributed by atoms with Crippen LogP contribution in [0.5, 0.6) is 0 Å². The van der Waals surface area contributed by atoms with Gasteiger partial charge in [-0.15, -0.1) is 0 Å². The van der Waals surface area contributed by atoms with Crippen molar-refractivity contribution in [2.75, 3.05) is 18.5 Å². The molecule has 1 aliphatic rings. The fourth-order valence-electron chi connectivity index (χ4n) is 1.44. The van der Waals surface area contributed by atoms with Crippen LogP contribution in [0.2, 0.25) is 0 Å². The SMILES string of the molecule is CCC1(C(=O)Nc2ncccn2)COC1. The molecule has 0 bridgehead atoms. The van der Waals surface area contributed by atoms with Gasteiger partial charge in [0, 0.05) is 12.4 Å². The lowest BCUT2D eigenvalue weighted by Crippen LogP contribution is -2.51. The van der Waals surface area contributed by atoms with Gasteiger partial charge < -0.3 is 4.74 Å². The van der Waals surface area contributed by atoms with Gasteiger partial charge in [-0.05, 0) is 12.5 Å². The number of anilines is 1. The molecule has 2 rings (SSSR count). The van der Waals surface area contributed by atoms with Crippen molar-refractivity contribution >= 4 is 11.9 Å². The molecule has 0 atom stereocenters. The van der Waals surface area contributed by atoms with E-state index in [4.69, 9.17) is 4.74 Å². The van der Waals surface area contributed by atoms with Crippen molar-refractivity contribution in [1.82, 2.24) is 9.97 Å². The highest BCUT2D eigenvalue weighted by molar-refractivity contribution is 5.94. The first-order valence-electron chi connectivity index (χ1n) is 4.93. The van der Waals surface area contributed by atoms with E-state index in [2.05, 4.69) is 15.3 Å². The molecule has 80 valence electrons. The van der Waals surface area contributed by atoms with Gasteiger partial charge in [0.25, 0.3) is 0 Å². The van der Waals surface area contributed by atoms with Crippen molar-refractivity contribution in [3.05, 3.63) is 18.5 Å². The summed E-state index contributed by atoms with van der Waals surface area (Å²) in [5.41, 5.74) is -0.376. The summed E-state index contributed by atoms with van der Waals surface area (Å²) in [5.74, 6) is 0.296. The highest BCUT2D eigenvalue weighted by atomic mass is 16.5. The zero-order valence-corrected chi connectivity index (χ0v) is 8.56. The monoisotopic (exact) mass is 207 g/mol. The van der Waals surface area contributed by atoms with E-state index in [0.29, 0.717) is 19.2 Å². The molecule has 0 saturated carbocycles. The van der Waals surface area contributed by atoms with Crippen LogP contribution in [0.25, 0.3) is 0 Å². The third-order valence-corrected chi connectivity index (χ3v) is 2.71. The van der Waals surface area contributed by atoms with E-state index in [0.717, 1.165) is 6.42 Å². The van der Waals surface area contributed by atoms with Crippen molar-refractivity contribution in [2.24, 2.45) is 5.41 Å². The number of hydrogen-bond acceptors (Lipinski definition) is 4. The average Bonchev–Trinajstić information content (AvgIpc) is 2.18. The predicted molar refractivity (Wildman–Crippen MR) is 54.2 cm³/mol. The minimum Gasteiger partial charge on any atom is -0.379 e. The van der Waals surface area contributed by atoms with E-state index in [-0.39, 0.29) is 11.3 Å². The lowest BCUT2D eigenvalue weighted by atomic mass is 9.82. The standard InChI is InChI=1S/C10H13N3O2/c1-2-10(6-15-7-10)8(14)13-9-11-4-3-5-12-9/h3-5H,2,6-7H2,1H3,(H,11,12,13,14). The van der Waals surface area contributed by atoms with E-state index in [1.165, 1.54) is 0 Å². The average molecular weight is 207 g/mol. The summed E-state index contributed by atoms with van der Waals surface area (Å²) in [6, 6.07) is 1.71. The molecular formula is C10H13N3O2. The van der Waals surface area contributed by atoms with Crippen LogP contribution in [0.3, 0.4) is 0 Å². The second kappa shape index (κ2) is 3.94. The first-order valence-corrected chi connectivity index (χ1v) is 4.93. The van der Waals surface area contributed by atoms with Gasteiger partial charge in [-0.1, -0.05) is 6.92 Å². The topological polar surface area (TPSA) is 64.1 Å². The summed E-state index contributed by atoms with van der Waals surface area (Å²) >= 11 is 0. The Labute approximate surface area is 87.9 Å². The highest BCUT2D eigenvalue weighted by Crippen LogP contribution is 2.32. The van der Waals surface area contributed by atoms with Gasteiger partial charge in [0.05, 0.1) is 18.6 Å². The number of nitrogens with zero attached hydrogens (tertiary/aromatic N) is 2. The maximum atomic E-state index is 11.9. The maximum Gasteiger partial charge on any atom is 0.237 e. The maximum absolute atomic E-state index is 11.9. The zero-order valence-electron chi connectivity index (χ0n) is 8.56. The summed E-state index contributed by atoms with van der Waals surface area (Å²) in [6.45, 7) is 2.96. The molecule has 2 heterocycles. The zero-order chi connectivity index (χ0) is 10.7. The largest absolute Gasteiger partial charge is 0.379 e. The normalized spacial score (nSPS) is 17.9. The third-order valence-electron chi connectivity index (χ3n) is 2.71. The Morgan fingerprint density at radius 1 is 1.53 bits per heavy atom. The van der Waals surface area contributed by atoms with Gasteiger partial charge in [-0.3, -0.25) is 10.1 Å². The first-order chi connectivity index (χ1) is 7.27. The molecule has 5 heteroatoms. The van der Waals surface area contributed by atoms with Crippen molar-refractivity contribution in [2.45, 2.75) is 13.3 Å². The van der Waals surface area contributed by atoms with Crippen LogP contribution in [0.15, 0.2) is 18.5 Å². The van der Waals surface area contributed by atoms with Crippen LogP contribution >= 0.6 is 0 Å². The quantitative estimate of drug-likeness (QED) is 0.797. The number of ether oxygens (including phenoxy) is 1. The Balaban J connectivity index is 2.04. The molecule has 1 aromatic rings. The first kappa shape index (κ1) is 10.0. The highest BCUT2D eigenvalue weighted by Gasteiger charge is 2.44. The molecule has 0 radical (unpaired) electrons. The summed E-state index contributed by atoms with van der Waals surface area (Å²) in [7, 11) is 0. The molecule has 1 amide bonds. The fraction of sp³-hybridized carbons (Fsp3) is 0.500. The van der Waals surface area contributed by atoms with Crippen molar-refractivity contribution in [1.29, 1.82) is 0 Å². The van der Waals surface area contributed by atoms with Gasteiger partial charge in [0.2, 0.25) is 11.9 Å². The Hall–Kier alpha value is -1.49. The second-order valence-corrected chi connectivity index (χ2v) is 3.65. The smallest absolute Gasteiger partial charge is 0.237 e. The number of carbonyl (C=O) groups is 1. The Morgan fingerprint density at radius 3 is 2.67 bits per heavy atom. The van der Waals surface area contributed by atoms with Gasteiger partial charge in [-0.2, -0.15) is 0 Å². The van der Waals surface area contributed by atoms with Gasteiger partial charge in [0.15, 0.2) is 0 Å². The van der Waals surface area contributed by atoms with Crippen LogP contribution in [0, 0.1) is 5.41 Å². The molecule has 1 fully saturated rings. The number of carbonyl (C=O) groups excluding carboxylic acids is 1. The third kappa shape index (κ3) is 1.83. The van der Waals surface area contributed by atoms with Crippen LogP contribution in [0.4, 0.5) is 5.95 Å². The van der Waals surface area contributed by atoms with Crippen LogP contribution in [-0.4, -0.2) is 29.1 Å². The summed E-state index contributed by atoms with van der Waals surface area (Å²) in [5, 5.41) is 2.69. The van der Waals surface area contributed by atoms with Gasteiger partial charge in [-0.25, -0.2) is 9.97 Å². The molecule has 0 aliphatic carbocycles. The van der Waals surface area contributed by atoms with Crippen molar-refractivity contribution in [3.8, 4) is 0 Å². The number of nitrogens with one attached hydrogen (secondary N) is 1. The minimum absolute atomic E-state index is 0.0533. The van der Waals surface area contributed by atoms with Crippen molar-refractivity contribution in [3.63, 3.8) is 0 Å². The molecule has 15 heavy (non-hydrogen) atoms. The number of rotatable bonds is 3. The van der Waals surface area contributed by atoms with E-state index in [1.54, 1.807) is 18.5 Å². The molecular weight excluding hydrogens is 194 g/mol. The number of amides is 1. The van der Waals surface area contributed by atoms with E-state index in [9.17, 15) is 4.79 Å². The van der Waals surface area contributed by atoms with Gasteiger partial charge in [0.1, 0.15) is 0 Å². The summed E-state index contributed by atoms with van der Waals surface area (Å²) < 4.78 is 5.09. The predicted octanol–water partition coefficient (Wildman–Crippen LogP) is 0.842. The summed E-state index contributed by atoms with van der Waals surface area (Å²) in [6.07, 6.45) is 3.96. The molecule has 5 nitrogen and oxygen atoms in total. The number of aromatic nitrogens is 2. The fourth-order valence-corrected chi connectivity index (χ4v) is 1.44. The Morgan fingerprint density at radius 2 is 2.20 bits per heavy atom. The molecule has 0 aromatic carbocycles. The van der Waals surface area contributed by atoms with Crippen LogP contribution in [-0.2, 0) is 9.53 Å². The Kier molecular flexibility index (Phi) is 2.64. The molecule has 1 aromatic heterocycles. The van der Waals surface area contributed by atoms with E-state index >= 15 is 0 Å². The van der Waals surface area contributed by atoms with Crippen molar-refractivity contribution < 1.29 is 9.53 Å². The van der Waals surface area contributed by atoms with Crippen LogP contribution in [0.1, 0.15) is 13.3 Å². The molecule has 1 saturated heterocycles. The second-order valence-electron chi connectivity index (χ2n) is 3.65.